The molecule has 0 radical (unpaired) electrons. The van der Waals surface area contributed by atoms with E-state index < -0.39 is 0 Å². The topological polar surface area (TPSA) is 59.3 Å². The molecule has 4 aromatic rings. The summed E-state index contributed by atoms with van der Waals surface area (Å²) in [6.45, 7) is 2.85. The van der Waals surface area contributed by atoms with Crippen LogP contribution in [0.5, 0.6) is 0 Å². The quantitative estimate of drug-likeness (QED) is 0.403. The zero-order valence-corrected chi connectivity index (χ0v) is 16.2. The Morgan fingerprint density at radius 3 is 2.55 bits per heavy atom. The van der Waals surface area contributed by atoms with Crippen molar-refractivity contribution in [2.24, 2.45) is 5.10 Å². The van der Waals surface area contributed by atoms with Gasteiger partial charge in [0.1, 0.15) is 0 Å². The number of benzene rings is 2. The van der Waals surface area contributed by atoms with E-state index in [-0.39, 0.29) is 12.3 Å². The number of hydrogen-bond donors (Lipinski definition) is 1. The first-order valence-corrected chi connectivity index (χ1v) is 9.55. The molecule has 2 heterocycles. The fraction of sp³-hybridized carbons (Fsp3) is 0.125. The molecule has 0 bridgehead atoms. The van der Waals surface area contributed by atoms with E-state index in [9.17, 15) is 4.79 Å². The lowest BCUT2D eigenvalue weighted by atomic mass is 10.1. The first-order valence-electron chi connectivity index (χ1n) is 9.55. The average Bonchev–Trinajstić information content (AvgIpc) is 3.01. The van der Waals surface area contributed by atoms with E-state index in [1.54, 1.807) is 18.6 Å². The van der Waals surface area contributed by atoms with Crippen molar-refractivity contribution >= 4 is 23.0 Å². The van der Waals surface area contributed by atoms with E-state index in [1.807, 2.05) is 42.5 Å². The second-order valence-corrected chi connectivity index (χ2v) is 6.90. The Hall–Kier alpha value is -3.73. The van der Waals surface area contributed by atoms with Crippen LogP contribution in [-0.2, 0) is 17.8 Å². The Balaban J connectivity index is 1.56. The van der Waals surface area contributed by atoms with Crippen molar-refractivity contribution in [3.8, 4) is 0 Å². The fourth-order valence-corrected chi connectivity index (χ4v) is 3.52. The predicted octanol–water partition coefficient (Wildman–Crippen LogP) is 4.09. The maximum absolute atomic E-state index is 12.5. The number of hydrazone groups is 1. The molecule has 0 atom stereocenters. The maximum atomic E-state index is 12.5. The van der Waals surface area contributed by atoms with Gasteiger partial charge in [-0.2, -0.15) is 5.10 Å². The number of fused-ring (bicyclic) bond motifs is 1. The Morgan fingerprint density at radius 1 is 1.03 bits per heavy atom. The van der Waals surface area contributed by atoms with Gasteiger partial charge in [0.15, 0.2) is 0 Å². The van der Waals surface area contributed by atoms with Crippen molar-refractivity contribution in [2.45, 2.75) is 19.9 Å². The molecule has 1 N–H and O–H groups in total. The van der Waals surface area contributed by atoms with Crippen molar-refractivity contribution in [1.82, 2.24) is 15.0 Å². The molecule has 4 rings (SSSR count). The predicted molar refractivity (Wildman–Crippen MR) is 116 cm³/mol. The number of nitrogens with one attached hydrogen (secondary N) is 1. The minimum Gasteiger partial charge on any atom is -0.340 e. The molecule has 29 heavy (non-hydrogen) atoms. The molecule has 0 saturated heterocycles. The van der Waals surface area contributed by atoms with Crippen molar-refractivity contribution in [3.05, 3.63) is 102 Å². The molecule has 144 valence electrons. The minimum atomic E-state index is -0.138. The summed E-state index contributed by atoms with van der Waals surface area (Å²) in [5.74, 6) is -0.138. The van der Waals surface area contributed by atoms with E-state index in [2.05, 4.69) is 51.3 Å². The van der Waals surface area contributed by atoms with E-state index in [0.717, 1.165) is 34.3 Å². The summed E-state index contributed by atoms with van der Waals surface area (Å²) in [6.07, 6.45) is 5.27. The highest BCUT2D eigenvalue weighted by molar-refractivity contribution is 5.91. The normalized spacial score (nSPS) is 11.2. The van der Waals surface area contributed by atoms with Gasteiger partial charge in [-0.25, -0.2) is 5.43 Å². The van der Waals surface area contributed by atoms with Gasteiger partial charge in [-0.15, -0.1) is 0 Å². The van der Waals surface area contributed by atoms with E-state index >= 15 is 0 Å². The number of pyridine rings is 1. The van der Waals surface area contributed by atoms with Crippen LogP contribution in [0.25, 0.3) is 10.9 Å². The molecule has 0 unspecified atom stereocenters. The molecule has 2 aromatic carbocycles. The van der Waals surface area contributed by atoms with Gasteiger partial charge in [-0.3, -0.25) is 9.78 Å². The van der Waals surface area contributed by atoms with Gasteiger partial charge in [0, 0.05) is 35.5 Å². The largest absolute Gasteiger partial charge is 0.340 e. The number of carbonyl (C=O) groups is 1. The Morgan fingerprint density at radius 2 is 1.76 bits per heavy atom. The lowest BCUT2D eigenvalue weighted by Crippen LogP contribution is -2.20. The van der Waals surface area contributed by atoms with Gasteiger partial charge >= 0.3 is 0 Å². The number of hydrogen-bond acceptors (Lipinski definition) is 3. The molecule has 0 saturated carbocycles. The standard InChI is InChI=1S/C24H22N4O/c1-18-22(15-24(29)27-26-16-19-11-13-25-14-12-19)21-9-5-6-10-23(21)28(18)17-20-7-3-2-4-8-20/h2-14,16H,15,17H2,1H3,(H,27,29). The second kappa shape index (κ2) is 8.52. The molecule has 5 heteroatoms. The highest BCUT2D eigenvalue weighted by Gasteiger charge is 2.16. The highest BCUT2D eigenvalue weighted by Crippen LogP contribution is 2.27. The van der Waals surface area contributed by atoms with E-state index in [0.29, 0.717) is 0 Å². The summed E-state index contributed by atoms with van der Waals surface area (Å²) in [5, 5.41) is 5.17. The summed E-state index contributed by atoms with van der Waals surface area (Å²) >= 11 is 0. The van der Waals surface area contributed by atoms with Crippen LogP contribution in [0.3, 0.4) is 0 Å². The summed E-state index contributed by atoms with van der Waals surface area (Å²) in [6, 6.07) is 22.2. The third-order valence-electron chi connectivity index (χ3n) is 4.99. The SMILES string of the molecule is Cc1c(CC(=O)NN=Cc2ccncc2)c2ccccc2n1Cc1ccccc1. The number of rotatable bonds is 6. The van der Waals surface area contributed by atoms with Gasteiger partial charge in [0.25, 0.3) is 0 Å². The molecular weight excluding hydrogens is 360 g/mol. The van der Waals surface area contributed by atoms with Gasteiger partial charge < -0.3 is 4.57 Å². The summed E-state index contributed by atoms with van der Waals surface area (Å²) in [7, 11) is 0. The van der Waals surface area contributed by atoms with Crippen LogP contribution < -0.4 is 5.43 Å². The summed E-state index contributed by atoms with van der Waals surface area (Å²) < 4.78 is 2.27. The first kappa shape index (κ1) is 18.6. The summed E-state index contributed by atoms with van der Waals surface area (Å²) in [4.78, 5) is 16.5. The zero-order valence-electron chi connectivity index (χ0n) is 16.2. The molecule has 2 aromatic heterocycles. The third-order valence-corrected chi connectivity index (χ3v) is 4.99. The number of para-hydroxylation sites is 1. The molecule has 0 aliphatic carbocycles. The van der Waals surface area contributed by atoms with Gasteiger partial charge in [-0.1, -0.05) is 48.5 Å². The van der Waals surface area contributed by atoms with Crippen LogP contribution in [0.1, 0.15) is 22.4 Å². The third kappa shape index (κ3) is 4.24. The minimum absolute atomic E-state index is 0.138. The smallest absolute Gasteiger partial charge is 0.244 e. The van der Waals surface area contributed by atoms with Gasteiger partial charge in [0.2, 0.25) is 5.91 Å². The Bertz CT molecular complexity index is 1150. The molecule has 0 spiro atoms. The Labute approximate surface area is 169 Å². The number of nitrogens with zero attached hydrogens (tertiary/aromatic N) is 3. The van der Waals surface area contributed by atoms with E-state index in [4.69, 9.17) is 0 Å². The van der Waals surface area contributed by atoms with Gasteiger partial charge in [-0.05, 0) is 41.8 Å². The Kier molecular flexibility index (Phi) is 5.47. The van der Waals surface area contributed by atoms with Crippen LogP contribution in [-0.4, -0.2) is 21.7 Å². The van der Waals surface area contributed by atoms with Gasteiger partial charge in [0.05, 0.1) is 12.6 Å². The highest BCUT2D eigenvalue weighted by atomic mass is 16.2. The molecule has 0 fully saturated rings. The second-order valence-electron chi connectivity index (χ2n) is 6.90. The van der Waals surface area contributed by atoms with Crippen LogP contribution in [0.4, 0.5) is 0 Å². The average molecular weight is 382 g/mol. The van der Waals surface area contributed by atoms with Crippen LogP contribution in [0.2, 0.25) is 0 Å². The lowest BCUT2D eigenvalue weighted by Gasteiger charge is -2.09. The monoisotopic (exact) mass is 382 g/mol. The number of amides is 1. The molecular formula is C24H22N4O. The fourth-order valence-electron chi connectivity index (χ4n) is 3.52. The maximum Gasteiger partial charge on any atom is 0.244 e. The van der Waals surface area contributed by atoms with Crippen molar-refractivity contribution in [3.63, 3.8) is 0 Å². The number of carbonyl (C=O) groups excluding carboxylic acids is 1. The molecule has 5 nitrogen and oxygen atoms in total. The van der Waals surface area contributed by atoms with Crippen LogP contribution in [0.15, 0.2) is 84.2 Å². The molecule has 0 aliphatic heterocycles. The van der Waals surface area contributed by atoms with Crippen molar-refractivity contribution in [2.75, 3.05) is 0 Å². The van der Waals surface area contributed by atoms with Crippen molar-refractivity contribution in [1.29, 1.82) is 0 Å². The van der Waals surface area contributed by atoms with E-state index in [1.165, 1.54) is 5.56 Å². The zero-order chi connectivity index (χ0) is 20.1. The first-order chi connectivity index (χ1) is 14.2. The molecule has 0 aliphatic rings. The number of aromatic nitrogens is 2. The summed E-state index contributed by atoms with van der Waals surface area (Å²) in [5.41, 5.74) is 8.02. The van der Waals surface area contributed by atoms with Crippen molar-refractivity contribution < 1.29 is 4.79 Å². The van der Waals surface area contributed by atoms with Crippen LogP contribution in [0, 0.1) is 6.92 Å². The van der Waals surface area contributed by atoms with Crippen LogP contribution >= 0.6 is 0 Å². The lowest BCUT2D eigenvalue weighted by molar-refractivity contribution is -0.120. The molecule has 1 amide bonds.